The van der Waals surface area contributed by atoms with Crippen LogP contribution >= 0.6 is 27.7 Å². The van der Waals surface area contributed by atoms with E-state index in [0.29, 0.717) is 5.17 Å². The number of hydrogen-bond donors (Lipinski definition) is 0. The van der Waals surface area contributed by atoms with E-state index in [0.717, 1.165) is 32.4 Å². The zero-order valence-electron chi connectivity index (χ0n) is 17.1. The molecule has 5 nitrogen and oxygen atoms in total. The number of carbonyl (C=O) groups excluding carboxylic acids is 1. The van der Waals surface area contributed by atoms with Gasteiger partial charge in [-0.1, -0.05) is 57.5 Å². The van der Waals surface area contributed by atoms with Gasteiger partial charge < -0.3 is 4.90 Å². The van der Waals surface area contributed by atoms with Crippen molar-refractivity contribution in [2.24, 2.45) is 4.99 Å². The predicted octanol–water partition coefficient (Wildman–Crippen LogP) is 4.22. The van der Waals surface area contributed by atoms with Gasteiger partial charge in [0, 0.05) is 15.4 Å². The Morgan fingerprint density at radius 1 is 1.17 bits per heavy atom. The third kappa shape index (κ3) is 4.36. The van der Waals surface area contributed by atoms with Crippen molar-refractivity contribution >= 4 is 54.3 Å². The first-order valence-electron chi connectivity index (χ1n) is 9.73. The average molecular weight is 507 g/mol. The molecule has 2 aliphatic rings. The topological polar surface area (TPSA) is 66.8 Å². The van der Waals surface area contributed by atoms with Crippen LogP contribution < -0.4 is 4.90 Å². The highest BCUT2D eigenvalue weighted by Gasteiger charge is 2.50. The standard InChI is InChI=1S/C22H23BrN2O3S2/c1-13-5-4-6-16(7-13)10-20(26)24-22-25(18-11-30(27,28)12-19(18)29-22)21-14(2)8-17(23)9-15(21)3/h4-9,18-19H,10-12H2,1-3H3/t18-,19+/m1/s1. The first-order chi connectivity index (χ1) is 14.1. The van der Waals surface area contributed by atoms with E-state index in [4.69, 9.17) is 0 Å². The fourth-order valence-corrected chi connectivity index (χ4v) is 8.86. The van der Waals surface area contributed by atoms with E-state index in [1.165, 1.54) is 11.8 Å². The average Bonchev–Trinajstić information content (AvgIpc) is 3.06. The van der Waals surface area contributed by atoms with Gasteiger partial charge in [0.25, 0.3) is 5.91 Å². The van der Waals surface area contributed by atoms with E-state index in [-0.39, 0.29) is 35.1 Å². The molecule has 0 bridgehead atoms. The second kappa shape index (κ2) is 8.13. The number of fused-ring (bicyclic) bond motifs is 1. The monoisotopic (exact) mass is 506 g/mol. The van der Waals surface area contributed by atoms with E-state index in [9.17, 15) is 13.2 Å². The molecule has 2 saturated heterocycles. The summed E-state index contributed by atoms with van der Waals surface area (Å²) >= 11 is 4.94. The van der Waals surface area contributed by atoms with Crippen LogP contribution in [-0.2, 0) is 21.1 Å². The van der Waals surface area contributed by atoms with Gasteiger partial charge in [-0.3, -0.25) is 4.79 Å². The van der Waals surface area contributed by atoms with Gasteiger partial charge in [-0.25, -0.2) is 8.42 Å². The Morgan fingerprint density at radius 3 is 2.53 bits per heavy atom. The molecule has 2 aromatic rings. The molecule has 2 fully saturated rings. The van der Waals surface area contributed by atoms with E-state index >= 15 is 0 Å². The molecule has 30 heavy (non-hydrogen) atoms. The third-order valence-electron chi connectivity index (χ3n) is 5.42. The molecular formula is C22H23BrN2O3S2. The number of nitrogens with zero attached hydrogens (tertiary/aromatic N) is 2. The van der Waals surface area contributed by atoms with Gasteiger partial charge in [-0.05, 0) is 49.6 Å². The van der Waals surface area contributed by atoms with Crippen molar-refractivity contribution in [3.8, 4) is 0 Å². The minimum Gasteiger partial charge on any atom is -0.315 e. The summed E-state index contributed by atoms with van der Waals surface area (Å²) in [6.45, 7) is 6.00. The lowest BCUT2D eigenvalue weighted by Crippen LogP contribution is -2.38. The second-order valence-corrected chi connectivity index (χ2v) is 12.3. The highest BCUT2D eigenvalue weighted by molar-refractivity contribution is 9.10. The van der Waals surface area contributed by atoms with E-state index in [1.54, 1.807) is 0 Å². The van der Waals surface area contributed by atoms with E-state index < -0.39 is 9.84 Å². The van der Waals surface area contributed by atoms with Crippen LogP contribution in [0, 0.1) is 20.8 Å². The summed E-state index contributed by atoms with van der Waals surface area (Å²) in [5, 5.41) is 0.494. The van der Waals surface area contributed by atoms with Crippen molar-refractivity contribution in [2.75, 3.05) is 16.4 Å². The number of halogens is 1. The predicted molar refractivity (Wildman–Crippen MR) is 127 cm³/mol. The summed E-state index contributed by atoms with van der Waals surface area (Å²) < 4.78 is 25.6. The van der Waals surface area contributed by atoms with Crippen LogP contribution in [0.15, 0.2) is 45.9 Å². The smallest absolute Gasteiger partial charge is 0.252 e. The van der Waals surface area contributed by atoms with Crippen LogP contribution in [0.1, 0.15) is 22.3 Å². The van der Waals surface area contributed by atoms with Gasteiger partial charge in [0.1, 0.15) is 0 Å². The quantitative estimate of drug-likeness (QED) is 0.623. The highest BCUT2D eigenvalue weighted by Crippen LogP contribution is 2.43. The molecule has 0 saturated carbocycles. The second-order valence-electron chi connectivity index (χ2n) is 8.01. The van der Waals surface area contributed by atoms with E-state index in [2.05, 4.69) is 20.9 Å². The number of anilines is 1. The third-order valence-corrected chi connectivity index (χ3v) is 9.09. The summed E-state index contributed by atoms with van der Waals surface area (Å²) in [5.74, 6) is -0.00757. The largest absolute Gasteiger partial charge is 0.315 e. The van der Waals surface area contributed by atoms with Crippen LogP contribution in [0.4, 0.5) is 5.69 Å². The van der Waals surface area contributed by atoms with Crippen molar-refractivity contribution in [3.63, 3.8) is 0 Å². The fourth-order valence-electron chi connectivity index (χ4n) is 4.25. The maximum Gasteiger partial charge on any atom is 0.252 e. The normalized spacial score (nSPS) is 23.7. The molecule has 0 unspecified atom stereocenters. The van der Waals surface area contributed by atoms with Crippen molar-refractivity contribution in [1.29, 1.82) is 0 Å². The number of aryl methyl sites for hydroxylation is 3. The molecule has 0 radical (unpaired) electrons. The minimum atomic E-state index is -3.10. The number of rotatable bonds is 3. The molecule has 2 atom stereocenters. The Labute approximate surface area is 190 Å². The van der Waals surface area contributed by atoms with Gasteiger partial charge >= 0.3 is 0 Å². The van der Waals surface area contributed by atoms with Crippen LogP contribution in [0.25, 0.3) is 0 Å². The molecule has 2 heterocycles. The maximum atomic E-state index is 12.8. The van der Waals surface area contributed by atoms with Crippen molar-refractivity contribution in [1.82, 2.24) is 0 Å². The molecule has 158 valence electrons. The lowest BCUT2D eigenvalue weighted by Gasteiger charge is -2.28. The minimum absolute atomic E-state index is 0.0880. The number of amidine groups is 1. The molecule has 0 aromatic heterocycles. The van der Waals surface area contributed by atoms with Crippen molar-refractivity contribution in [2.45, 2.75) is 38.5 Å². The summed E-state index contributed by atoms with van der Waals surface area (Å²) in [6.07, 6.45) is 0.228. The first kappa shape index (κ1) is 21.6. The number of benzene rings is 2. The van der Waals surface area contributed by atoms with Gasteiger partial charge in [0.15, 0.2) is 15.0 Å². The SMILES string of the molecule is Cc1cccc(CC(=O)N=C2S[C@H]3CS(=O)(=O)C[C@H]3N2c2c(C)cc(Br)cc2C)c1. The molecule has 1 amide bonds. The van der Waals surface area contributed by atoms with Gasteiger partial charge in [-0.15, -0.1) is 0 Å². The summed E-state index contributed by atoms with van der Waals surface area (Å²) in [4.78, 5) is 19.2. The van der Waals surface area contributed by atoms with Crippen molar-refractivity contribution in [3.05, 3.63) is 63.1 Å². The Kier molecular flexibility index (Phi) is 5.85. The van der Waals surface area contributed by atoms with Gasteiger partial charge in [0.05, 0.1) is 24.0 Å². The van der Waals surface area contributed by atoms with Crippen LogP contribution in [-0.4, -0.2) is 42.3 Å². The summed E-state index contributed by atoms with van der Waals surface area (Å²) in [6, 6.07) is 11.7. The lowest BCUT2D eigenvalue weighted by molar-refractivity contribution is -0.117. The Balaban J connectivity index is 1.71. The van der Waals surface area contributed by atoms with Crippen LogP contribution in [0.3, 0.4) is 0 Å². The molecule has 2 aromatic carbocycles. The molecule has 2 aliphatic heterocycles. The Morgan fingerprint density at radius 2 is 1.87 bits per heavy atom. The summed E-state index contributed by atoms with van der Waals surface area (Å²) in [5.41, 5.74) is 5.01. The first-order valence-corrected chi connectivity index (χ1v) is 13.2. The number of thioether (sulfide) groups is 1. The molecule has 0 aliphatic carbocycles. The molecule has 0 N–H and O–H groups in total. The zero-order valence-corrected chi connectivity index (χ0v) is 20.3. The van der Waals surface area contributed by atoms with Crippen LogP contribution in [0.2, 0.25) is 0 Å². The lowest BCUT2D eigenvalue weighted by atomic mass is 10.1. The van der Waals surface area contributed by atoms with Gasteiger partial charge in [-0.2, -0.15) is 4.99 Å². The van der Waals surface area contributed by atoms with Crippen LogP contribution in [0.5, 0.6) is 0 Å². The van der Waals surface area contributed by atoms with Gasteiger partial charge in [0.2, 0.25) is 0 Å². The number of hydrogen-bond acceptors (Lipinski definition) is 4. The number of sulfone groups is 1. The summed E-state index contributed by atoms with van der Waals surface area (Å²) in [7, 11) is -3.10. The Hall–Kier alpha value is -1.64. The number of carbonyl (C=O) groups is 1. The Bertz CT molecular complexity index is 1140. The molecule has 8 heteroatoms. The van der Waals surface area contributed by atoms with Crippen molar-refractivity contribution < 1.29 is 13.2 Å². The van der Waals surface area contributed by atoms with E-state index in [1.807, 2.05) is 62.1 Å². The molecule has 4 rings (SSSR count). The maximum absolute atomic E-state index is 12.8. The number of aliphatic imine (C=N–C) groups is 1. The molecule has 0 spiro atoms. The molecular weight excluding hydrogens is 484 g/mol. The highest BCUT2D eigenvalue weighted by atomic mass is 79.9. The fraction of sp³-hybridized carbons (Fsp3) is 0.364. The number of amides is 1. The zero-order chi connectivity index (χ0) is 21.6.